The second kappa shape index (κ2) is 7.00. The van der Waals surface area contributed by atoms with Crippen molar-refractivity contribution >= 4 is 11.9 Å². The third kappa shape index (κ3) is 4.31. The van der Waals surface area contributed by atoms with E-state index in [0.29, 0.717) is 13.0 Å². The van der Waals surface area contributed by atoms with Gasteiger partial charge in [-0.3, -0.25) is 4.79 Å². The van der Waals surface area contributed by atoms with Gasteiger partial charge >= 0.3 is 5.97 Å². The highest BCUT2D eigenvalue weighted by atomic mass is 16.5. The molecule has 1 aliphatic heterocycles. The van der Waals surface area contributed by atoms with Crippen LogP contribution in [0.3, 0.4) is 0 Å². The van der Waals surface area contributed by atoms with Crippen molar-refractivity contribution in [2.75, 3.05) is 6.61 Å². The lowest BCUT2D eigenvalue weighted by molar-refractivity contribution is -0.125. The summed E-state index contributed by atoms with van der Waals surface area (Å²) in [7, 11) is 0. The summed E-state index contributed by atoms with van der Waals surface area (Å²) in [5.74, 6) is -1.12. The van der Waals surface area contributed by atoms with Gasteiger partial charge in [-0.15, -0.1) is 0 Å². The molecule has 1 saturated heterocycles. The van der Waals surface area contributed by atoms with E-state index in [1.54, 1.807) is 6.07 Å². The van der Waals surface area contributed by atoms with E-state index in [1.807, 2.05) is 0 Å². The minimum atomic E-state index is -1.06. The molecule has 1 amide bonds. The van der Waals surface area contributed by atoms with Crippen LogP contribution in [0, 0.1) is 0 Å². The Hall–Kier alpha value is -1.95. The van der Waals surface area contributed by atoms with Crippen LogP contribution in [-0.2, 0) is 16.1 Å². The molecule has 108 valence electrons. The van der Waals surface area contributed by atoms with Gasteiger partial charge in [-0.1, -0.05) is 6.07 Å². The summed E-state index contributed by atoms with van der Waals surface area (Å²) in [4.78, 5) is 26.2. The summed E-state index contributed by atoms with van der Waals surface area (Å²) in [6, 6.07) is 3.07. The van der Waals surface area contributed by atoms with Crippen LogP contribution >= 0.6 is 0 Å². The zero-order valence-corrected chi connectivity index (χ0v) is 11.2. The summed E-state index contributed by atoms with van der Waals surface area (Å²) in [6.45, 7) is 1.08. The molecule has 2 rings (SSSR count). The Morgan fingerprint density at radius 3 is 2.85 bits per heavy atom. The van der Waals surface area contributed by atoms with E-state index in [9.17, 15) is 9.59 Å². The number of carbonyl (C=O) groups is 2. The number of rotatable bonds is 5. The van der Waals surface area contributed by atoms with Gasteiger partial charge in [0.05, 0.1) is 12.5 Å². The lowest BCUT2D eigenvalue weighted by Gasteiger charge is -2.21. The van der Waals surface area contributed by atoms with Crippen LogP contribution in [0.1, 0.15) is 41.7 Å². The molecule has 0 aliphatic carbocycles. The molecule has 2 heterocycles. The third-order valence-corrected chi connectivity index (χ3v) is 3.22. The molecule has 1 unspecified atom stereocenters. The Morgan fingerprint density at radius 2 is 2.25 bits per heavy atom. The van der Waals surface area contributed by atoms with Crippen molar-refractivity contribution in [2.24, 2.45) is 0 Å². The first kappa shape index (κ1) is 14.5. The van der Waals surface area contributed by atoms with Gasteiger partial charge in [0.1, 0.15) is 5.69 Å². The molecule has 1 aromatic rings. The monoisotopic (exact) mass is 278 g/mol. The highest BCUT2D eigenvalue weighted by molar-refractivity contribution is 5.85. The van der Waals surface area contributed by atoms with Crippen LogP contribution in [0.2, 0.25) is 0 Å². The van der Waals surface area contributed by atoms with Crippen LogP contribution in [0.5, 0.6) is 0 Å². The van der Waals surface area contributed by atoms with Crippen molar-refractivity contribution in [1.29, 1.82) is 0 Å². The SMILES string of the molecule is O=C(CC1CCCCO1)NCc1ccc(C(=O)O)nc1. The highest BCUT2D eigenvalue weighted by Crippen LogP contribution is 2.15. The largest absolute Gasteiger partial charge is 0.477 e. The lowest BCUT2D eigenvalue weighted by atomic mass is 10.1. The van der Waals surface area contributed by atoms with E-state index >= 15 is 0 Å². The van der Waals surface area contributed by atoms with Gasteiger partial charge in [0.15, 0.2) is 0 Å². The number of ether oxygens (including phenoxy) is 1. The number of carbonyl (C=O) groups excluding carboxylic acids is 1. The molecule has 1 fully saturated rings. The molecule has 0 saturated carbocycles. The number of aromatic carboxylic acids is 1. The first-order valence-electron chi connectivity index (χ1n) is 6.71. The lowest BCUT2D eigenvalue weighted by Crippen LogP contribution is -2.30. The minimum absolute atomic E-state index is 0.00400. The zero-order chi connectivity index (χ0) is 14.4. The second-order valence-electron chi connectivity index (χ2n) is 4.83. The van der Waals surface area contributed by atoms with Gasteiger partial charge in [-0.05, 0) is 30.9 Å². The Bertz CT molecular complexity index is 467. The van der Waals surface area contributed by atoms with Crippen LogP contribution in [-0.4, -0.2) is 34.7 Å². The maximum atomic E-state index is 11.8. The molecule has 2 N–H and O–H groups in total. The van der Waals surface area contributed by atoms with Crippen molar-refractivity contribution in [3.05, 3.63) is 29.6 Å². The normalized spacial score (nSPS) is 18.5. The number of nitrogens with one attached hydrogen (secondary N) is 1. The maximum absolute atomic E-state index is 11.8. The number of hydrogen-bond donors (Lipinski definition) is 2. The topological polar surface area (TPSA) is 88.5 Å². The molecule has 0 aromatic carbocycles. The van der Waals surface area contributed by atoms with E-state index in [0.717, 1.165) is 31.4 Å². The summed E-state index contributed by atoms with van der Waals surface area (Å²) < 4.78 is 5.50. The van der Waals surface area contributed by atoms with Crippen molar-refractivity contribution in [1.82, 2.24) is 10.3 Å². The predicted molar refractivity (Wildman–Crippen MR) is 71.3 cm³/mol. The smallest absolute Gasteiger partial charge is 0.354 e. The molecule has 6 heteroatoms. The van der Waals surface area contributed by atoms with E-state index in [-0.39, 0.29) is 17.7 Å². The fraction of sp³-hybridized carbons (Fsp3) is 0.500. The Labute approximate surface area is 117 Å². The minimum Gasteiger partial charge on any atom is -0.477 e. The molecule has 6 nitrogen and oxygen atoms in total. The maximum Gasteiger partial charge on any atom is 0.354 e. The Balaban J connectivity index is 1.76. The molecule has 0 bridgehead atoms. The zero-order valence-electron chi connectivity index (χ0n) is 11.2. The quantitative estimate of drug-likeness (QED) is 0.849. The van der Waals surface area contributed by atoms with E-state index in [1.165, 1.54) is 12.3 Å². The fourth-order valence-electron chi connectivity index (χ4n) is 2.10. The molecule has 1 atom stereocenters. The van der Waals surface area contributed by atoms with E-state index in [4.69, 9.17) is 9.84 Å². The summed E-state index contributed by atoms with van der Waals surface area (Å²) in [5.41, 5.74) is 0.767. The average molecular weight is 278 g/mol. The number of carboxylic acids is 1. The fourth-order valence-corrected chi connectivity index (χ4v) is 2.10. The summed E-state index contributed by atoms with van der Waals surface area (Å²) in [5, 5.41) is 11.5. The number of hydrogen-bond acceptors (Lipinski definition) is 4. The first-order chi connectivity index (χ1) is 9.65. The van der Waals surface area contributed by atoms with Crippen LogP contribution in [0.25, 0.3) is 0 Å². The molecule has 1 aromatic heterocycles. The number of aromatic nitrogens is 1. The van der Waals surface area contributed by atoms with Crippen molar-refractivity contribution < 1.29 is 19.4 Å². The van der Waals surface area contributed by atoms with Gasteiger partial charge in [0.25, 0.3) is 0 Å². The van der Waals surface area contributed by atoms with E-state index < -0.39 is 5.97 Å². The van der Waals surface area contributed by atoms with Crippen LogP contribution < -0.4 is 5.32 Å². The Kier molecular flexibility index (Phi) is 5.06. The molecular weight excluding hydrogens is 260 g/mol. The van der Waals surface area contributed by atoms with Crippen molar-refractivity contribution in [3.8, 4) is 0 Å². The van der Waals surface area contributed by atoms with Crippen LogP contribution in [0.4, 0.5) is 0 Å². The van der Waals surface area contributed by atoms with Crippen molar-refractivity contribution in [3.63, 3.8) is 0 Å². The Morgan fingerprint density at radius 1 is 1.40 bits per heavy atom. The van der Waals surface area contributed by atoms with E-state index in [2.05, 4.69) is 10.3 Å². The summed E-state index contributed by atoms with van der Waals surface area (Å²) >= 11 is 0. The van der Waals surface area contributed by atoms with Crippen LogP contribution in [0.15, 0.2) is 18.3 Å². The number of nitrogens with zero attached hydrogens (tertiary/aromatic N) is 1. The van der Waals surface area contributed by atoms with Gasteiger partial charge in [-0.2, -0.15) is 0 Å². The second-order valence-corrected chi connectivity index (χ2v) is 4.83. The number of pyridine rings is 1. The molecular formula is C14H18N2O4. The average Bonchev–Trinajstić information content (AvgIpc) is 2.46. The predicted octanol–water partition coefficient (Wildman–Crippen LogP) is 1.36. The molecule has 0 spiro atoms. The summed E-state index contributed by atoms with van der Waals surface area (Å²) in [6.07, 6.45) is 4.97. The number of amides is 1. The standard InChI is InChI=1S/C14H18N2O4/c17-13(7-11-3-1-2-6-20-11)16-9-10-4-5-12(14(18)19)15-8-10/h4-5,8,11H,1-3,6-7,9H2,(H,16,17)(H,18,19). The molecule has 0 radical (unpaired) electrons. The van der Waals surface area contributed by atoms with Crippen molar-refractivity contribution in [2.45, 2.75) is 38.3 Å². The van der Waals surface area contributed by atoms with Gasteiger partial charge in [0, 0.05) is 19.3 Å². The first-order valence-corrected chi connectivity index (χ1v) is 6.71. The third-order valence-electron chi connectivity index (χ3n) is 3.22. The molecule has 20 heavy (non-hydrogen) atoms. The highest BCUT2D eigenvalue weighted by Gasteiger charge is 2.17. The molecule has 1 aliphatic rings. The van der Waals surface area contributed by atoms with Gasteiger partial charge in [-0.25, -0.2) is 9.78 Å². The van der Waals surface area contributed by atoms with Gasteiger partial charge < -0.3 is 15.2 Å². The number of carboxylic acid groups (broad SMARTS) is 1. The van der Waals surface area contributed by atoms with Gasteiger partial charge in [0.2, 0.25) is 5.91 Å².